The van der Waals surface area contributed by atoms with E-state index in [9.17, 15) is 12.8 Å². The summed E-state index contributed by atoms with van der Waals surface area (Å²) in [6.07, 6.45) is 0. The molecule has 0 amide bonds. The van der Waals surface area contributed by atoms with Crippen molar-refractivity contribution in [2.24, 2.45) is 5.73 Å². The fourth-order valence-corrected chi connectivity index (χ4v) is 3.51. The van der Waals surface area contributed by atoms with E-state index in [4.69, 9.17) is 5.73 Å². The second-order valence-corrected chi connectivity index (χ2v) is 6.74. The molecule has 1 atom stereocenters. The largest absolute Gasteiger partial charge is 0.323 e. The molecule has 0 spiro atoms. The molecule has 2 rings (SSSR count). The zero-order chi connectivity index (χ0) is 14.8. The molecule has 0 saturated heterocycles. The van der Waals surface area contributed by atoms with Crippen LogP contribution in [0.5, 0.6) is 0 Å². The van der Waals surface area contributed by atoms with Crippen LogP contribution in [-0.4, -0.2) is 14.2 Å². The van der Waals surface area contributed by atoms with E-state index in [1.807, 2.05) is 25.1 Å². The third-order valence-electron chi connectivity index (χ3n) is 3.14. The lowest BCUT2D eigenvalue weighted by atomic mass is 10.0. The van der Waals surface area contributed by atoms with Crippen LogP contribution in [0.15, 0.2) is 53.4 Å². The molecule has 106 valence electrons. The zero-order valence-electron chi connectivity index (χ0n) is 11.1. The minimum Gasteiger partial charge on any atom is -0.323 e. The van der Waals surface area contributed by atoms with Crippen molar-refractivity contribution in [1.82, 2.24) is 0 Å². The van der Waals surface area contributed by atoms with Gasteiger partial charge in [0, 0.05) is 6.04 Å². The van der Waals surface area contributed by atoms with Gasteiger partial charge in [-0.2, -0.15) is 0 Å². The first kappa shape index (κ1) is 14.7. The van der Waals surface area contributed by atoms with Gasteiger partial charge in [0.2, 0.25) is 0 Å². The maximum Gasteiger partial charge on any atom is 0.180 e. The van der Waals surface area contributed by atoms with Crippen LogP contribution in [0.1, 0.15) is 17.2 Å². The van der Waals surface area contributed by atoms with Crippen molar-refractivity contribution in [3.63, 3.8) is 0 Å². The molecule has 0 aliphatic carbocycles. The summed E-state index contributed by atoms with van der Waals surface area (Å²) >= 11 is 0. The Kier molecular flexibility index (Phi) is 4.20. The molecule has 0 bridgehead atoms. The molecule has 1 unspecified atom stereocenters. The maximum atomic E-state index is 13.1. The number of rotatable bonds is 4. The predicted molar refractivity (Wildman–Crippen MR) is 76.6 cm³/mol. The molecule has 0 aliphatic heterocycles. The lowest BCUT2D eigenvalue weighted by Crippen LogP contribution is -2.22. The van der Waals surface area contributed by atoms with Crippen LogP contribution < -0.4 is 5.73 Å². The summed E-state index contributed by atoms with van der Waals surface area (Å²) in [7, 11) is -3.61. The van der Waals surface area contributed by atoms with Crippen LogP contribution >= 0.6 is 0 Å². The Labute approximate surface area is 118 Å². The number of hydrogen-bond acceptors (Lipinski definition) is 3. The van der Waals surface area contributed by atoms with Gasteiger partial charge in [0.15, 0.2) is 9.84 Å². The van der Waals surface area contributed by atoms with Crippen LogP contribution in [0.2, 0.25) is 0 Å². The molecule has 20 heavy (non-hydrogen) atoms. The highest BCUT2D eigenvalue weighted by atomic mass is 32.2. The predicted octanol–water partition coefficient (Wildman–Crippen LogP) is 2.61. The van der Waals surface area contributed by atoms with Gasteiger partial charge in [-0.25, -0.2) is 12.8 Å². The molecule has 0 fully saturated rings. The summed E-state index contributed by atoms with van der Waals surface area (Å²) in [5, 5.41) is 0. The average molecular weight is 293 g/mol. The van der Waals surface area contributed by atoms with Crippen LogP contribution in [0, 0.1) is 12.7 Å². The van der Waals surface area contributed by atoms with Gasteiger partial charge in [-0.1, -0.05) is 30.3 Å². The third kappa shape index (κ3) is 3.23. The topological polar surface area (TPSA) is 60.2 Å². The van der Waals surface area contributed by atoms with Crippen molar-refractivity contribution in [1.29, 1.82) is 0 Å². The monoisotopic (exact) mass is 293 g/mol. The van der Waals surface area contributed by atoms with Crippen molar-refractivity contribution in [3.05, 3.63) is 65.5 Å². The normalized spacial score (nSPS) is 13.2. The Hall–Kier alpha value is -1.72. The quantitative estimate of drug-likeness (QED) is 0.942. The number of sulfone groups is 1. The van der Waals surface area contributed by atoms with Crippen molar-refractivity contribution in [2.75, 3.05) is 5.75 Å². The zero-order valence-corrected chi connectivity index (χ0v) is 11.9. The molecule has 2 aromatic carbocycles. The Morgan fingerprint density at radius 1 is 1.15 bits per heavy atom. The first-order valence-corrected chi connectivity index (χ1v) is 7.85. The fraction of sp³-hybridized carbons (Fsp3) is 0.200. The van der Waals surface area contributed by atoms with Crippen molar-refractivity contribution < 1.29 is 12.8 Å². The van der Waals surface area contributed by atoms with Crippen LogP contribution in [0.4, 0.5) is 4.39 Å². The van der Waals surface area contributed by atoms with Gasteiger partial charge < -0.3 is 5.73 Å². The molecule has 0 aliphatic rings. The number of aryl methyl sites for hydroxylation is 1. The van der Waals surface area contributed by atoms with Gasteiger partial charge in [0.25, 0.3) is 0 Å². The van der Waals surface area contributed by atoms with E-state index in [2.05, 4.69) is 0 Å². The maximum absolute atomic E-state index is 13.1. The summed E-state index contributed by atoms with van der Waals surface area (Å²) < 4.78 is 37.6. The molecular formula is C15H16FNO2S. The molecule has 0 saturated carbocycles. The van der Waals surface area contributed by atoms with Gasteiger partial charge in [-0.3, -0.25) is 0 Å². The summed E-state index contributed by atoms with van der Waals surface area (Å²) in [4.78, 5) is -0.0402. The number of nitrogens with two attached hydrogens (primary N) is 1. The molecule has 3 nitrogen and oxygen atoms in total. The lowest BCUT2D eigenvalue weighted by molar-refractivity contribution is 0.584. The first-order chi connectivity index (χ1) is 9.40. The van der Waals surface area contributed by atoms with E-state index < -0.39 is 21.7 Å². The van der Waals surface area contributed by atoms with Crippen LogP contribution in [0.3, 0.4) is 0 Å². The average Bonchev–Trinajstić information content (AvgIpc) is 2.38. The van der Waals surface area contributed by atoms with Gasteiger partial charge in [-0.15, -0.1) is 0 Å². The second-order valence-electron chi connectivity index (χ2n) is 4.70. The summed E-state index contributed by atoms with van der Waals surface area (Å²) in [5.74, 6) is -0.822. The Morgan fingerprint density at radius 2 is 1.85 bits per heavy atom. The van der Waals surface area contributed by atoms with Gasteiger partial charge in [-0.05, 0) is 36.2 Å². The van der Waals surface area contributed by atoms with Gasteiger partial charge in [0.05, 0.1) is 10.6 Å². The molecular weight excluding hydrogens is 277 g/mol. The van der Waals surface area contributed by atoms with Crippen molar-refractivity contribution in [3.8, 4) is 0 Å². The Bertz CT molecular complexity index is 713. The molecule has 5 heteroatoms. The molecule has 2 N–H and O–H groups in total. The summed E-state index contributed by atoms with van der Waals surface area (Å²) in [5.41, 5.74) is 7.71. The van der Waals surface area contributed by atoms with Gasteiger partial charge >= 0.3 is 0 Å². The smallest absolute Gasteiger partial charge is 0.180 e. The highest BCUT2D eigenvalue weighted by molar-refractivity contribution is 7.91. The Morgan fingerprint density at radius 3 is 2.50 bits per heavy atom. The SMILES string of the molecule is Cc1ccccc1C(N)CS(=O)(=O)c1cccc(F)c1. The van der Waals surface area contributed by atoms with E-state index >= 15 is 0 Å². The molecule has 0 radical (unpaired) electrons. The number of benzene rings is 2. The first-order valence-electron chi connectivity index (χ1n) is 6.19. The Balaban J connectivity index is 2.27. The number of halogens is 1. The van der Waals surface area contributed by atoms with E-state index in [0.717, 1.165) is 17.2 Å². The molecule has 0 heterocycles. The van der Waals surface area contributed by atoms with Crippen molar-refractivity contribution >= 4 is 9.84 Å². The fourth-order valence-electron chi connectivity index (χ4n) is 2.09. The van der Waals surface area contributed by atoms with Gasteiger partial charge in [0.1, 0.15) is 5.82 Å². The van der Waals surface area contributed by atoms with Crippen LogP contribution in [0.25, 0.3) is 0 Å². The minimum atomic E-state index is -3.61. The highest BCUT2D eigenvalue weighted by Crippen LogP contribution is 2.21. The van der Waals surface area contributed by atoms with E-state index in [0.29, 0.717) is 0 Å². The lowest BCUT2D eigenvalue weighted by Gasteiger charge is -2.15. The molecule has 2 aromatic rings. The second kappa shape index (κ2) is 5.73. The molecule has 0 aromatic heterocycles. The summed E-state index contributed by atoms with van der Waals surface area (Å²) in [6.45, 7) is 1.88. The third-order valence-corrected chi connectivity index (χ3v) is 4.91. The summed E-state index contributed by atoms with van der Waals surface area (Å²) in [6, 6.07) is 11.7. The van der Waals surface area contributed by atoms with Crippen LogP contribution in [-0.2, 0) is 9.84 Å². The van der Waals surface area contributed by atoms with E-state index in [-0.39, 0.29) is 10.6 Å². The van der Waals surface area contributed by atoms with Crippen molar-refractivity contribution in [2.45, 2.75) is 17.9 Å². The highest BCUT2D eigenvalue weighted by Gasteiger charge is 2.21. The number of hydrogen-bond donors (Lipinski definition) is 1. The van der Waals surface area contributed by atoms with E-state index in [1.54, 1.807) is 6.07 Å². The standard InChI is InChI=1S/C15H16FNO2S/c1-11-5-2-3-8-14(11)15(17)10-20(18,19)13-7-4-6-12(16)9-13/h2-9,15H,10,17H2,1H3. The van der Waals surface area contributed by atoms with E-state index in [1.165, 1.54) is 18.2 Å². The minimum absolute atomic E-state index is 0.0402.